The van der Waals surface area contributed by atoms with E-state index in [4.69, 9.17) is 11.6 Å². The molecule has 0 spiro atoms. The Kier molecular flexibility index (Phi) is 4.51. The van der Waals surface area contributed by atoms with Gasteiger partial charge in [0.15, 0.2) is 0 Å². The van der Waals surface area contributed by atoms with Gasteiger partial charge in [-0.3, -0.25) is 4.79 Å². The van der Waals surface area contributed by atoms with Crippen LogP contribution in [0.3, 0.4) is 0 Å². The molecule has 1 amide bonds. The molecule has 3 rings (SSSR count). The molecule has 1 aliphatic carbocycles. The Morgan fingerprint density at radius 3 is 2.38 bits per heavy atom. The molecule has 21 heavy (non-hydrogen) atoms. The van der Waals surface area contributed by atoms with Gasteiger partial charge in [-0.15, -0.1) is 11.8 Å². The number of hydrogen-bond acceptors (Lipinski definition) is 2. The van der Waals surface area contributed by atoms with Crippen molar-refractivity contribution in [2.24, 2.45) is 0 Å². The van der Waals surface area contributed by atoms with E-state index in [-0.39, 0.29) is 11.2 Å². The summed E-state index contributed by atoms with van der Waals surface area (Å²) in [7, 11) is 0. The predicted molar refractivity (Wildman–Crippen MR) is 87.7 cm³/mol. The first-order chi connectivity index (χ1) is 10.2. The van der Waals surface area contributed by atoms with Crippen molar-refractivity contribution in [2.45, 2.75) is 29.0 Å². The molecule has 0 unspecified atom stereocenters. The summed E-state index contributed by atoms with van der Waals surface area (Å²) in [4.78, 5) is 13.5. The molecule has 1 N–H and O–H groups in total. The Balaban J connectivity index is 1.80. The van der Waals surface area contributed by atoms with Gasteiger partial charge < -0.3 is 5.32 Å². The van der Waals surface area contributed by atoms with Crippen LogP contribution >= 0.6 is 23.4 Å². The molecular formula is C17H16ClNOS. The highest BCUT2D eigenvalue weighted by molar-refractivity contribution is 8.00. The van der Waals surface area contributed by atoms with Crippen LogP contribution in [-0.2, 0) is 4.79 Å². The molecule has 0 heterocycles. The molecule has 2 aromatic carbocycles. The number of nitrogens with one attached hydrogen (secondary N) is 1. The second kappa shape index (κ2) is 6.54. The van der Waals surface area contributed by atoms with Gasteiger partial charge in [0.1, 0.15) is 5.25 Å². The van der Waals surface area contributed by atoms with Gasteiger partial charge in [-0.05, 0) is 42.7 Å². The van der Waals surface area contributed by atoms with E-state index in [2.05, 4.69) is 5.32 Å². The molecule has 1 fully saturated rings. The number of hydrogen-bond donors (Lipinski definition) is 1. The molecule has 2 nitrogen and oxygen atoms in total. The van der Waals surface area contributed by atoms with Crippen molar-refractivity contribution in [1.82, 2.24) is 5.32 Å². The first-order valence-corrected chi connectivity index (χ1v) is 8.26. The van der Waals surface area contributed by atoms with Gasteiger partial charge in [-0.25, -0.2) is 0 Å². The fraction of sp³-hybridized carbons (Fsp3) is 0.235. The standard InChI is InChI=1S/C17H16ClNOS/c18-13-6-10-15(11-7-13)21-16(12-4-2-1-3-5-12)17(20)19-14-8-9-14/h1-7,10-11,14,16H,8-9H2,(H,19,20)/t16-/m1/s1. The maximum atomic E-state index is 12.5. The summed E-state index contributed by atoms with van der Waals surface area (Å²) in [5.41, 5.74) is 1.02. The molecule has 0 radical (unpaired) electrons. The van der Waals surface area contributed by atoms with Crippen molar-refractivity contribution < 1.29 is 4.79 Å². The molecule has 0 saturated heterocycles. The third-order valence-corrected chi connectivity index (χ3v) is 4.85. The van der Waals surface area contributed by atoms with Crippen molar-refractivity contribution in [2.75, 3.05) is 0 Å². The average molecular weight is 318 g/mol. The maximum Gasteiger partial charge on any atom is 0.238 e. The lowest BCUT2D eigenvalue weighted by atomic mass is 10.1. The highest BCUT2D eigenvalue weighted by atomic mass is 35.5. The maximum absolute atomic E-state index is 12.5. The quantitative estimate of drug-likeness (QED) is 0.825. The number of amides is 1. The fourth-order valence-corrected chi connectivity index (χ4v) is 3.21. The van der Waals surface area contributed by atoms with Crippen LogP contribution in [0, 0.1) is 0 Å². The van der Waals surface area contributed by atoms with Crippen LogP contribution in [0.5, 0.6) is 0 Å². The molecule has 1 saturated carbocycles. The van der Waals surface area contributed by atoms with Crippen LogP contribution in [0.25, 0.3) is 0 Å². The van der Waals surface area contributed by atoms with Crippen LogP contribution < -0.4 is 5.32 Å². The van der Waals surface area contributed by atoms with E-state index in [9.17, 15) is 4.79 Å². The number of halogens is 1. The Bertz CT molecular complexity index is 610. The summed E-state index contributed by atoms with van der Waals surface area (Å²) in [5, 5.41) is 3.58. The summed E-state index contributed by atoms with van der Waals surface area (Å²) in [5.74, 6) is 0.0867. The predicted octanol–water partition coefficient (Wildman–Crippen LogP) is 4.45. The molecule has 1 aliphatic rings. The van der Waals surface area contributed by atoms with Crippen molar-refractivity contribution in [3.8, 4) is 0 Å². The summed E-state index contributed by atoms with van der Waals surface area (Å²) in [6.07, 6.45) is 2.19. The first kappa shape index (κ1) is 14.5. The number of carbonyl (C=O) groups excluding carboxylic acids is 1. The van der Waals surface area contributed by atoms with E-state index >= 15 is 0 Å². The zero-order valence-corrected chi connectivity index (χ0v) is 13.0. The molecule has 1 atom stereocenters. The minimum Gasteiger partial charge on any atom is -0.352 e. The topological polar surface area (TPSA) is 29.1 Å². The van der Waals surface area contributed by atoms with Crippen LogP contribution in [0.15, 0.2) is 59.5 Å². The smallest absolute Gasteiger partial charge is 0.238 e. The normalized spacial score (nSPS) is 15.5. The van der Waals surface area contributed by atoms with Gasteiger partial charge in [0.05, 0.1) is 0 Å². The Labute approximate surface area is 133 Å². The lowest BCUT2D eigenvalue weighted by Crippen LogP contribution is -2.29. The summed E-state index contributed by atoms with van der Waals surface area (Å²) in [6.45, 7) is 0. The van der Waals surface area contributed by atoms with Crippen LogP contribution in [0.4, 0.5) is 0 Å². The minimum atomic E-state index is -0.229. The Morgan fingerprint density at radius 1 is 1.10 bits per heavy atom. The van der Waals surface area contributed by atoms with E-state index in [0.717, 1.165) is 23.3 Å². The molecule has 0 aliphatic heterocycles. The van der Waals surface area contributed by atoms with Gasteiger partial charge in [0.25, 0.3) is 0 Å². The molecule has 108 valence electrons. The number of thioether (sulfide) groups is 1. The highest BCUT2D eigenvalue weighted by Crippen LogP contribution is 2.36. The molecular weight excluding hydrogens is 302 g/mol. The van der Waals surface area contributed by atoms with E-state index in [1.807, 2.05) is 54.6 Å². The zero-order chi connectivity index (χ0) is 14.7. The Morgan fingerprint density at radius 2 is 1.76 bits per heavy atom. The number of rotatable bonds is 5. The van der Waals surface area contributed by atoms with E-state index in [1.165, 1.54) is 0 Å². The third kappa shape index (κ3) is 4.02. The highest BCUT2D eigenvalue weighted by Gasteiger charge is 2.28. The van der Waals surface area contributed by atoms with Crippen LogP contribution in [-0.4, -0.2) is 11.9 Å². The lowest BCUT2D eigenvalue weighted by molar-refractivity contribution is -0.120. The lowest BCUT2D eigenvalue weighted by Gasteiger charge is -2.17. The SMILES string of the molecule is O=C(NC1CC1)[C@H](Sc1ccc(Cl)cc1)c1ccccc1. The van der Waals surface area contributed by atoms with Crippen molar-refractivity contribution >= 4 is 29.3 Å². The van der Waals surface area contributed by atoms with Gasteiger partial charge >= 0.3 is 0 Å². The van der Waals surface area contributed by atoms with Gasteiger partial charge in [0.2, 0.25) is 5.91 Å². The average Bonchev–Trinajstić information content (AvgIpc) is 3.31. The largest absolute Gasteiger partial charge is 0.352 e. The van der Waals surface area contributed by atoms with E-state index in [1.54, 1.807) is 11.8 Å². The van der Waals surface area contributed by atoms with Crippen molar-refractivity contribution in [1.29, 1.82) is 0 Å². The first-order valence-electron chi connectivity index (χ1n) is 7.00. The van der Waals surface area contributed by atoms with Crippen molar-refractivity contribution in [3.05, 3.63) is 65.2 Å². The van der Waals surface area contributed by atoms with Gasteiger partial charge in [0, 0.05) is 16.0 Å². The molecule has 0 bridgehead atoms. The second-order valence-electron chi connectivity index (χ2n) is 5.15. The number of carbonyl (C=O) groups is 1. The number of benzene rings is 2. The van der Waals surface area contributed by atoms with Gasteiger partial charge in [-0.2, -0.15) is 0 Å². The van der Waals surface area contributed by atoms with E-state index in [0.29, 0.717) is 11.1 Å². The van der Waals surface area contributed by atoms with Crippen LogP contribution in [0.1, 0.15) is 23.7 Å². The molecule has 4 heteroatoms. The van der Waals surface area contributed by atoms with E-state index < -0.39 is 0 Å². The van der Waals surface area contributed by atoms with Gasteiger partial charge in [-0.1, -0.05) is 41.9 Å². The zero-order valence-electron chi connectivity index (χ0n) is 11.5. The molecule has 0 aromatic heterocycles. The monoisotopic (exact) mass is 317 g/mol. The van der Waals surface area contributed by atoms with Crippen molar-refractivity contribution in [3.63, 3.8) is 0 Å². The fourth-order valence-electron chi connectivity index (χ4n) is 2.05. The minimum absolute atomic E-state index is 0.0867. The third-order valence-electron chi connectivity index (χ3n) is 3.33. The summed E-state index contributed by atoms with van der Waals surface area (Å²) < 4.78 is 0. The second-order valence-corrected chi connectivity index (χ2v) is 6.76. The van der Waals surface area contributed by atoms with Crippen LogP contribution in [0.2, 0.25) is 5.02 Å². The molecule has 2 aromatic rings. The summed E-state index contributed by atoms with van der Waals surface area (Å²) in [6, 6.07) is 17.9. The Hall–Kier alpha value is -1.45. The summed E-state index contributed by atoms with van der Waals surface area (Å²) >= 11 is 7.47.